The molecule has 0 radical (unpaired) electrons. The molecule has 2 aromatic carbocycles. The summed E-state index contributed by atoms with van der Waals surface area (Å²) in [4.78, 5) is 84.1. The van der Waals surface area contributed by atoms with Crippen LogP contribution in [0.5, 0.6) is 0 Å². The van der Waals surface area contributed by atoms with E-state index < -0.39 is 29.4 Å². The van der Waals surface area contributed by atoms with Crippen molar-refractivity contribution in [1.82, 2.24) is 50.7 Å². The van der Waals surface area contributed by atoms with Gasteiger partial charge >= 0.3 is 5.82 Å². The Hall–Kier alpha value is -6.99. The van der Waals surface area contributed by atoms with Gasteiger partial charge < -0.3 is 60.9 Å². The number of benzene rings is 2. The van der Waals surface area contributed by atoms with E-state index in [-0.39, 0.29) is 112 Å². The predicted octanol–water partition coefficient (Wildman–Crippen LogP) is 4.99. The smallest absolute Gasteiger partial charge is 0.303 e. The summed E-state index contributed by atoms with van der Waals surface area (Å²) in [5.41, 5.74) is 10.1. The summed E-state index contributed by atoms with van der Waals surface area (Å²) in [6.07, 6.45) is 4.24. The molecule has 7 rings (SSSR count). The van der Waals surface area contributed by atoms with E-state index >= 15 is 0 Å². The third-order valence-electron chi connectivity index (χ3n) is 14.9. The molecule has 0 aliphatic carbocycles. The number of ether oxygens (including phenoxy) is 2. The molecular formula is C56H76FN13O7. The minimum atomic E-state index is -0.874. The van der Waals surface area contributed by atoms with Crippen LogP contribution in [-0.2, 0) is 41.7 Å². The Bertz CT molecular complexity index is 2780. The molecule has 3 aliphatic rings. The number of likely N-dealkylation sites (N-methyl/N-ethyl adjacent to an activating group) is 2. The van der Waals surface area contributed by atoms with Crippen LogP contribution in [0.15, 0.2) is 60.8 Å². The number of aromatic nitrogens is 3. The lowest BCUT2D eigenvalue weighted by Gasteiger charge is -2.36. The van der Waals surface area contributed by atoms with Gasteiger partial charge in [0.25, 0.3) is 5.91 Å². The van der Waals surface area contributed by atoms with Gasteiger partial charge in [0.2, 0.25) is 23.6 Å². The quantitative estimate of drug-likeness (QED) is 0.0549. The van der Waals surface area contributed by atoms with Crippen LogP contribution < -0.4 is 31.9 Å². The first-order valence-corrected chi connectivity index (χ1v) is 26.7. The molecule has 5 amide bonds. The second-order valence-electron chi connectivity index (χ2n) is 21.2. The van der Waals surface area contributed by atoms with Gasteiger partial charge in [-0.3, -0.25) is 24.0 Å². The molecule has 0 spiro atoms. The molecule has 2 aromatic heterocycles. The maximum atomic E-state index is 14.8. The van der Waals surface area contributed by atoms with Crippen LogP contribution in [0, 0.1) is 17.8 Å². The molecule has 77 heavy (non-hydrogen) atoms. The Morgan fingerprint density at radius 1 is 1.04 bits per heavy atom. The standard InChI is InChI=1S/C56H76FN13O7/c1-10-42(36-15-12-11-13-16-36)63-53(73)45-31-39(33-69(45)55(75)49(56(3,4)5)64-52(72)35(2)59-6)61-21-26-77-28-27-76-25-20-47(71)66(8)23-24-70-46-34-67(9)54(74)40-19-18-38(57)30-41(40)43-17-14-22-68(43)44-29-37(32-62-50(44)58)48(46)51(60-7)65-70/h11-13,15-16,18-19,29-30,32,35,39,42-43,45,49,59,61H,10,14,17,20-28,31,33-34H2,1-6,8-9H3,(H2,58,62)(H,63,73)(H,64,72)/t35-,39-,42+,43-,45-,49+/m1/s1. The number of hydrogen-bond donors (Lipinski definition) is 5. The van der Waals surface area contributed by atoms with E-state index in [2.05, 4.69) is 41.1 Å². The second-order valence-corrected chi connectivity index (χ2v) is 21.2. The molecule has 21 heteroatoms. The number of nitrogens with two attached hydrogens (primary N) is 1. The number of nitrogens with one attached hydrogen (secondary N) is 4. The third kappa shape index (κ3) is 13.8. The van der Waals surface area contributed by atoms with Gasteiger partial charge in [-0.15, -0.1) is 0 Å². The highest BCUT2D eigenvalue weighted by atomic mass is 19.1. The number of carbonyl (C=O) groups is 5. The lowest BCUT2D eigenvalue weighted by molar-refractivity contribution is -0.144. The second kappa shape index (κ2) is 25.9. The highest BCUT2D eigenvalue weighted by molar-refractivity contribution is 5.97. The number of nitrogens with zero attached hydrogens (tertiary/aromatic N) is 8. The number of pyridine rings is 1. The predicted molar refractivity (Wildman–Crippen MR) is 291 cm³/mol. The summed E-state index contributed by atoms with van der Waals surface area (Å²) in [6.45, 7) is 20.4. The lowest BCUT2D eigenvalue weighted by atomic mass is 9.85. The topological polar surface area (TPSA) is 226 Å². The summed E-state index contributed by atoms with van der Waals surface area (Å²) < 4.78 is 28.1. The summed E-state index contributed by atoms with van der Waals surface area (Å²) in [5.74, 6) is -1.39. The highest BCUT2D eigenvalue weighted by Gasteiger charge is 2.45. The van der Waals surface area contributed by atoms with E-state index in [0.717, 1.165) is 12.0 Å². The van der Waals surface area contributed by atoms with E-state index in [4.69, 9.17) is 21.8 Å². The van der Waals surface area contributed by atoms with Crippen LogP contribution in [0.4, 0.5) is 21.7 Å². The Kier molecular flexibility index (Phi) is 19.4. The number of carbonyl (C=O) groups excluding carboxylic acids is 5. The maximum absolute atomic E-state index is 14.8. The van der Waals surface area contributed by atoms with Crippen LogP contribution in [-0.4, -0.2) is 157 Å². The average molecular weight is 1060 g/mol. The largest absolute Gasteiger partial charge is 0.382 e. The minimum absolute atomic E-state index is 0.0663. The van der Waals surface area contributed by atoms with Crippen molar-refractivity contribution >= 4 is 46.9 Å². The minimum Gasteiger partial charge on any atom is -0.382 e. The van der Waals surface area contributed by atoms with Gasteiger partial charge in [0.1, 0.15) is 23.7 Å². The molecule has 414 valence electrons. The third-order valence-corrected chi connectivity index (χ3v) is 14.9. The molecule has 6 N–H and O–H groups in total. The molecule has 3 aliphatic heterocycles. The van der Waals surface area contributed by atoms with E-state index in [1.54, 1.807) is 53.6 Å². The molecule has 0 unspecified atom stereocenters. The van der Waals surface area contributed by atoms with Crippen LogP contribution >= 0.6 is 0 Å². The number of fused-ring (bicyclic) bond motifs is 8. The van der Waals surface area contributed by atoms with Crippen LogP contribution in [0.1, 0.15) is 106 Å². The summed E-state index contributed by atoms with van der Waals surface area (Å²) in [6, 6.07) is 12.9. The van der Waals surface area contributed by atoms with Gasteiger partial charge in [-0.1, -0.05) is 64.6 Å². The van der Waals surface area contributed by atoms with Crippen molar-refractivity contribution in [1.29, 1.82) is 0 Å². The number of hydrogen-bond acceptors (Lipinski definition) is 13. The van der Waals surface area contributed by atoms with E-state index in [1.165, 1.54) is 18.2 Å². The van der Waals surface area contributed by atoms with Crippen molar-refractivity contribution in [3.63, 3.8) is 0 Å². The van der Waals surface area contributed by atoms with E-state index in [1.807, 2.05) is 64.1 Å². The van der Waals surface area contributed by atoms with Crippen LogP contribution in [0.3, 0.4) is 0 Å². The first-order valence-electron chi connectivity index (χ1n) is 26.7. The molecule has 2 saturated heterocycles. The number of likely N-dealkylation sites (tertiary alicyclic amines) is 1. The fourth-order valence-electron chi connectivity index (χ4n) is 10.4. The zero-order chi connectivity index (χ0) is 55.6. The van der Waals surface area contributed by atoms with E-state index in [9.17, 15) is 28.4 Å². The zero-order valence-electron chi connectivity index (χ0n) is 45.7. The van der Waals surface area contributed by atoms with Gasteiger partial charge in [-0.2, -0.15) is 4.68 Å². The van der Waals surface area contributed by atoms with Gasteiger partial charge in [-0.05, 0) is 91.1 Å². The summed E-state index contributed by atoms with van der Waals surface area (Å²) in [7, 11) is 5.03. The SMILES string of the molecule is [C-]#[N+]c1nn(CCN(C)C(=O)CCOCCOCCN[C@@H]2C[C@H](C(=O)N[C@@H](CC)c3ccccc3)N(C(=O)[C@H](NC(=O)[C@@H](C)NC)C(C)(C)C)C2)c2c1-c1cnc(N)c(c1)N1CCC[C@@H]1c1cc(F)ccc1C(=O)N(C)C2. The number of rotatable bonds is 21. The zero-order valence-corrected chi connectivity index (χ0v) is 45.7. The molecule has 2 fully saturated rings. The van der Waals surface area contributed by atoms with Crippen molar-refractivity contribution in [3.8, 4) is 11.1 Å². The average Bonchev–Trinajstić information content (AvgIpc) is 4.18. The fourth-order valence-corrected chi connectivity index (χ4v) is 10.4. The molecule has 5 heterocycles. The van der Waals surface area contributed by atoms with Gasteiger partial charge in [0.15, 0.2) is 0 Å². The first kappa shape index (κ1) is 57.7. The number of halogens is 1. The Morgan fingerprint density at radius 3 is 2.48 bits per heavy atom. The molecule has 0 saturated carbocycles. The normalized spacial score (nSPS) is 18.5. The van der Waals surface area contributed by atoms with Crippen molar-refractivity contribution in [2.24, 2.45) is 5.41 Å². The fraction of sp³-hybridized carbons (Fsp3) is 0.536. The van der Waals surface area contributed by atoms with Crippen molar-refractivity contribution in [3.05, 3.63) is 100 Å². The Morgan fingerprint density at radius 2 is 1.78 bits per heavy atom. The van der Waals surface area contributed by atoms with Crippen molar-refractivity contribution in [2.45, 2.75) is 116 Å². The van der Waals surface area contributed by atoms with Crippen LogP contribution in [0.25, 0.3) is 16.0 Å². The van der Waals surface area contributed by atoms with Gasteiger partial charge in [0, 0.05) is 63.6 Å². The monoisotopic (exact) mass is 1060 g/mol. The number of amides is 5. The van der Waals surface area contributed by atoms with Crippen molar-refractivity contribution < 1.29 is 37.8 Å². The van der Waals surface area contributed by atoms with E-state index in [0.29, 0.717) is 72.6 Å². The summed E-state index contributed by atoms with van der Waals surface area (Å²) in [5, 5.41) is 17.2. The lowest BCUT2D eigenvalue weighted by Crippen LogP contribution is -2.59. The number of nitrogen functional groups attached to an aromatic ring is 1. The van der Waals surface area contributed by atoms with Crippen LogP contribution in [0.2, 0.25) is 0 Å². The molecular weight excluding hydrogens is 986 g/mol. The maximum Gasteiger partial charge on any atom is 0.303 e. The van der Waals surface area contributed by atoms with Gasteiger partial charge in [0.05, 0.1) is 75.4 Å². The molecule has 20 nitrogen and oxygen atoms in total. The Labute approximate surface area is 451 Å². The molecule has 2 bridgehead atoms. The molecule has 4 aromatic rings. The number of anilines is 2. The Balaban J connectivity index is 0.903. The molecule has 6 atom stereocenters. The highest BCUT2D eigenvalue weighted by Crippen LogP contribution is 2.44. The first-order chi connectivity index (χ1) is 36.8. The van der Waals surface area contributed by atoms with Crippen molar-refractivity contribution in [2.75, 3.05) is 84.4 Å². The van der Waals surface area contributed by atoms with Gasteiger partial charge in [-0.25, -0.2) is 9.37 Å². The summed E-state index contributed by atoms with van der Waals surface area (Å²) >= 11 is 0.